The van der Waals surface area contributed by atoms with Gasteiger partial charge < -0.3 is 24.8 Å². The highest BCUT2D eigenvalue weighted by Crippen LogP contribution is 2.60. The second-order valence-corrected chi connectivity index (χ2v) is 8.56. The highest BCUT2D eigenvalue weighted by molar-refractivity contribution is 5.36. The first kappa shape index (κ1) is 18.6. The molecular formula is C20H30O5. The Balaban J connectivity index is 2.02. The topological polar surface area (TPSA) is 94.1 Å². The van der Waals surface area contributed by atoms with Gasteiger partial charge in [0.2, 0.25) is 0 Å². The van der Waals surface area contributed by atoms with E-state index >= 15 is 0 Å². The summed E-state index contributed by atoms with van der Waals surface area (Å²) < 4.78 is 5.08. The molecule has 6 atom stereocenters. The highest BCUT2D eigenvalue weighted by atomic mass is 16.3. The average molecular weight is 350 g/mol. The van der Waals surface area contributed by atoms with E-state index in [4.69, 9.17) is 4.42 Å². The third kappa shape index (κ3) is 2.78. The summed E-state index contributed by atoms with van der Waals surface area (Å²) in [5.74, 6) is 0.230. The third-order valence-electron chi connectivity index (χ3n) is 7.00. The van der Waals surface area contributed by atoms with E-state index in [9.17, 15) is 20.4 Å². The predicted octanol–water partition coefficient (Wildman–Crippen LogP) is 2.56. The zero-order chi connectivity index (χ0) is 18.5. The van der Waals surface area contributed by atoms with Gasteiger partial charge in [0.15, 0.2) is 0 Å². The molecule has 140 valence electrons. The van der Waals surface area contributed by atoms with E-state index in [0.29, 0.717) is 24.8 Å². The first-order valence-corrected chi connectivity index (χ1v) is 9.10. The summed E-state index contributed by atoms with van der Waals surface area (Å²) in [5.41, 5.74) is -0.973. The van der Waals surface area contributed by atoms with Crippen LogP contribution in [0.4, 0.5) is 0 Å². The largest absolute Gasteiger partial charge is 0.472 e. The van der Waals surface area contributed by atoms with Crippen LogP contribution in [0.25, 0.3) is 0 Å². The predicted molar refractivity (Wildman–Crippen MR) is 93.6 cm³/mol. The van der Waals surface area contributed by atoms with Crippen molar-refractivity contribution in [3.8, 4) is 0 Å². The van der Waals surface area contributed by atoms with Gasteiger partial charge in [0.05, 0.1) is 36.9 Å². The zero-order valence-corrected chi connectivity index (χ0v) is 15.3. The molecule has 0 bridgehead atoms. The SMILES string of the molecule is CC1CCC2(O)C(=CC(O)CC2(C)CO)C1(C)CC(O)c1ccoc1. The zero-order valence-electron chi connectivity index (χ0n) is 15.3. The van der Waals surface area contributed by atoms with Crippen molar-refractivity contribution >= 4 is 0 Å². The number of hydrogen-bond donors (Lipinski definition) is 4. The van der Waals surface area contributed by atoms with E-state index in [2.05, 4.69) is 6.92 Å². The van der Waals surface area contributed by atoms with E-state index in [1.165, 1.54) is 12.5 Å². The molecule has 0 aromatic carbocycles. The molecule has 5 heteroatoms. The van der Waals surface area contributed by atoms with Crippen molar-refractivity contribution in [3.05, 3.63) is 35.8 Å². The van der Waals surface area contributed by atoms with Crippen LogP contribution < -0.4 is 0 Å². The summed E-state index contributed by atoms with van der Waals surface area (Å²) in [5, 5.41) is 42.6. The lowest BCUT2D eigenvalue weighted by Crippen LogP contribution is -2.60. The number of hydrogen-bond acceptors (Lipinski definition) is 5. The van der Waals surface area contributed by atoms with Crippen molar-refractivity contribution in [2.75, 3.05) is 6.61 Å². The van der Waals surface area contributed by atoms with Crippen LogP contribution in [0.15, 0.2) is 34.7 Å². The van der Waals surface area contributed by atoms with Crippen LogP contribution >= 0.6 is 0 Å². The fourth-order valence-electron chi connectivity index (χ4n) is 4.94. The fourth-order valence-corrected chi connectivity index (χ4v) is 4.94. The standard InChI is InChI=1S/C20H30O5/c1-13-4-6-20(24)17(8-15(22)9-18(20,2)12-21)19(13,3)10-16(23)14-5-7-25-11-14/h5,7-8,11,13,15-16,21-24H,4,6,9-10,12H2,1-3H3. The molecule has 1 aromatic rings. The molecule has 6 unspecified atom stereocenters. The molecule has 1 fully saturated rings. The minimum atomic E-state index is -1.17. The van der Waals surface area contributed by atoms with Crippen LogP contribution in [0.5, 0.6) is 0 Å². The van der Waals surface area contributed by atoms with Gasteiger partial charge in [-0.3, -0.25) is 0 Å². The number of aliphatic hydroxyl groups is 4. The van der Waals surface area contributed by atoms with Gasteiger partial charge in [-0.25, -0.2) is 0 Å². The second-order valence-electron chi connectivity index (χ2n) is 8.56. The normalized spacial score (nSPS) is 42.6. The van der Waals surface area contributed by atoms with Crippen molar-refractivity contribution in [2.24, 2.45) is 16.7 Å². The van der Waals surface area contributed by atoms with Gasteiger partial charge in [-0.05, 0) is 48.7 Å². The summed E-state index contributed by atoms with van der Waals surface area (Å²) in [7, 11) is 0. The molecule has 0 amide bonds. The molecule has 0 radical (unpaired) electrons. The summed E-state index contributed by atoms with van der Waals surface area (Å²) in [6, 6.07) is 1.75. The van der Waals surface area contributed by atoms with Crippen molar-refractivity contribution in [1.82, 2.24) is 0 Å². The molecular weight excluding hydrogens is 320 g/mol. The monoisotopic (exact) mass is 350 g/mol. The van der Waals surface area contributed by atoms with Gasteiger partial charge in [0, 0.05) is 11.0 Å². The van der Waals surface area contributed by atoms with Gasteiger partial charge >= 0.3 is 0 Å². The molecule has 2 aliphatic rings. The third-order valence-corrected chi connectivity index (χ3v) is 7.00. The van der Waals surface area contributed by atoms with E-state index in [0.717, 1.165) is 12.0 Å². The minimum absolute atomic E-state index is 0.188. The quantitative estimate of drug-likeness (QED) is 0.626. The van der Waals surface area contributed by atoms with Crippen molar-refractivity contribution in [1.29, 1.82) is 0 Å². The molecule has 1 aromatic heterocycles. The minimum Gasteiger partial charge on any atom is -0.472 e. The number of aliphatic hydroxyl groups excluding tert-OH is 3. The Morgan fingerprint density at radius 2 is 2.08 bits per heavy atom. The van der Waals surface area contributed by atoms with Crippen molar-refractivity contribution < 1.29 is 24.8 Å². The van der Waals surface area contributed by atoms with Crippen molar-refractivity contribution in [3.63, 3.8) is 0 Å². The Labute approximate surface area is 149 Å². The lowest BCUT2D eigenvalue weighted by molar-refractivity contribution is -0.139. The van der Waals surface area contributed by atoms with Gasteiger partial charge in [-0.2, -0.15) is 0 Å². The molecule has 1 saturated carbocycles. The maximum absolute atomic E-state index is 11.6. The van der Waals surface area contributed by atoms with Crippen LogP contribution in [0.2, 0.25) is 0 Å². The average Bonchev–Trinajstić information content (AvgIpc) is 3.09. The molecule has 0 aliphatic heterocycles. The van der Waals surface area contributed by atoms with E-state index in [1.54, 1.807) is 12.1 Å². The van der Waals surface area contributed by atoms with E-state index in [1.807, 2.05) is 13.8 Å². The van der Waals surface area contributed by atoms with Gasteiger partial charge in [-0.15, -0.1) is 0 Å². The van der Waals surface area contributed by atoms with E-state index < -0.39 is 28.6 Å². The summed E-state index contributed by atoms with van der Waals surface area (Å²) >= 11 is 0. The highest BCUT2D eigenvalue weighted by Gasteiger charge is 2.60. The summed E-state index contributed by atoms with van der Waals surface area (Å²) in [4.78, 5) is 0. The number of rotatable bonds is 4. The van der Waals surface area contributed by atoms with Crippen LogP contribution in [0, 0.1) is 16.7 Å². The molecule has 5 nitrogen and oxygen atoms in total. The summed E-state index contributed by atoms with van der Waals surface area (Å²) in [6.45, 7) is 5.82. The van der Waals surface area contributed by atoms with Crippen LogP contribution in [0.3, 0.4) is 0 Å². The molecule has 0 saturated heterocycles. The van der Waals surface area contributed by atoms with Crippen molar-refractivity contribution in [2.45, 2.75) is 64.3 Å². The fraction of sp³-hybridized carbons (Fsp3) is 0.700. The maximum Gasteiger partial charge on any atom is 0.0960 e. The molecule has 3 rings (SSSR count). The maximum atomic E-state index is 11.6. The van der Waals surface area contributed by atoms with Gasteiger partial charge in [-0.1, -0.05) is 26.8 Å². The van der Waals surface area contributed by atoms with Crippen LogP contribution in [0.1, 0.15) is 58.1 Å². The first-order chi connectivity index (χ1) is 11.7. The lowest BCUT2D eigenvalue weighted by Gasteiger charge is -2.59. The smallest absolute Gasteiger partial charge is 0.0960 e. The Morgan fingerprint density at radius 3 is 2.68 bits per heavy atom. The second kappa shape index (κ2) is 6.23. The number of furan rings is 1. The Hall–Kier alpha value is -1.14. The molecule has 0 spiro atoms. The molecule has 2 aliphatic carbocycles. The summed E-state index contributed by atoms with van der Waals surface area (Å²) in [6.07, 6.45) is 5.53. The first-order valence-electron chi connectivity index (χ1n) is 9.10. The Morgan fingerprint density at radius 1 is 1.36 bits per heavy atom. The van der Waals surface area contributed by atoms with Crippen LogP contribution in [-0.4, -0.2) is 38.7 Å². The Kier molecular flexibility index (Phi) is 4.65. The van der Waals surface area contributed by atoms with Crippen LogP contribution in [-0.2, 0) is 0 Å². The molecule has 1 heterocycles. The Bertz CT molecular complexity index is 639. The number of fused-ring (bicyclic) bond motifs is 1. The van der Waals surface area contributed by atoms with Gasteiger partial charge in [0.25, 0.3) is 0 Å². The van der Waals surface area contributed by atoms with Gasteiger partial charge in [0.1, 0.15) is 0 Å². The molecule has 4 N–H and O–H groups in total. The molecule has 25 heavy (non-hydrogen) atoms. The van der Waals surface area contributed by atoms with E-state index in [-0.39, 0.29) is 12.5 Å². The lowest BCUT2D eigenvalue weighted by atomic mass is 9.49.